The molecule has 1 fully saturated rings. The summed E-state index contributed by atoms with van der Waals surface area (Å²) < 4.78 is 7.34. The lowest BCUT2D eigenvalue weighted by Gasteiger charge is -2.35. The Morgan fingerprint density at radius 1 is 0.967 bits per heavy atom. The number of carbonyl (C=O) groups is 2. The van der Waals surface area contributed by atoms with Crippen LogP contribution >= 0.6 is 0 Å². The van der Waals surface area contributed by atoms with E-state index in [0.717, 1.165) is 29.7 Å². The summed E-state index contributed by atoms with van der Waals surface area (Å²) in [5.74, 6) is -0.450. The van der Waals surface area contributed by atoms with Crippen molar-refractivity contribution in [1.29, 1.82) is 0 Å². The van der Waals surface area contributed by atoms with Crippen molar-refractivity contribution in [3.63, 3.8) is 0 Å². The van der Waals surface area contributed by atoms with Crippen molar-refractivity contribution in [3.8, 4) is 0 Å². The largest absolute Gasteiger partial charge is 0.459 e. The molecule has 0 bridgehead atoms. The standard InChI is InChI=1S/C23H33N3O4/c1-22(2,3)21(28)30-26-13-11-24(12-14-26)18-7-8-19-17(15-18)9-10-25(19)16-20(27)29-23(4,5)6/h7-10,15H,11-14,16H2,1-6H3. The summed E-state index contributed by atoms with van der Waals surface area (Å²) in [5.41, 5.74) is 1.13. The minimum atomic E-state index is -0.505. The van der Waals surface area contributed by atoms with Gasteiger partial charge in [0.15, 0.2) is 0 Å². The molecule has 7 nitrogen and oxygen atoms in total. The highest BCUT2D eigenvalue weighted by molar-refractivity contribution is 5.85. The zero-order chi connectivity index (χ0) is 22.1. The highest BCUT2D eigenvalue weighted by atomic mass is 16.7. The third-order valence-electron chi connectivity index (χ3n) is 4.90. The van der Waals surface area contributed by atoms with Gasteiger partial charge in [-0.25, -0.2) is 4.79 Å². The Morgan fingerprint density at radius 2 is 1.63 bits per heavy atom. The normalized spacial score (nSPS) is 16.0. The first-order valence-electron chi connectivity index (χ1n) is 10.5. The first-order valence-corrected chi connectivity index (χ1v) is 10.5. The average molecular weight is 416 g/mol. The monoisotopic (exact) mass is 415 g/mol. The molecular formula is C23H33N3O4. The number of aromatic nitrogens is 1. The number of ether oxygens (including phenoxy) is 1. The van der Waals surface area contributed by atoms with E-state index in [1.165, 1.54) is 0 Å². The maximum Gasteiger partial charge on any atom is 0.330 e. The van der Waals surface area contributed by atoms with Gasteiger partial charge in [-0.2, -0.15) is 0 Å². The quantitative estimate of drug-likeness (QED) is 0.711. The van der Waals surface area contributed by atoms with Crippen molar-refractivity contribution >= 4 is 28.5 Å². The van der Waals surface area contributed by atoms with E-state index < -0.39 is 11.0 Å². The van der Waals surface area contributed by atoms with Crippen molar-refractivity contribution in [2.45, 2.75) is 53.7 Å². The minimum absolute atomic E-state index is 0.192. The average Bonchev–Trinajstić information content (AvgIpc) is 3.02. The molecule has 7 heteroatoms. The Hall–Kier alpha value is -2.54. The lowest BCUT2D eigenvalue weighted by Crippen LogP contribution is -2.48. The predicted octanol–water partition coefficient (Wildman–Crippen LogP) is 3.61. The summed E-state index contributed by atoms with van der Waals surface area (Å²) in [5, 5.41) is 2.83. The van der Waals surface area contributed by atoms with Crippen LogP contribution in [0.15, 0.2) is 30.5 Å². The van der Waals surface area contributed by atoms with Gasteiger partial charge in [0.1, 0.15) is 12.1 Å². The number of hydrogen-bond acceptors (Lipinski definition) is 6. The first kappa shape index (κ1) is 22.2. The molecule has 2 heterocycles. The highest BCUT2D eigenvalue weighted by Gasteiger charge is 2.28. The molecule has 0 aliphatic carbocycles. The third-order valence-corrected chi connectivity index (χ3v) is 4.90. The number of nitrogens with zero attached hydrogens (tertiary/aromatic N) is 3. The van der Waals surface area contributed by atoms with Gasteiger partial charge in [-0.15, -0.1) is 5.06 Å². The number of rotatable bonds is 4. The third kappa shape index (κ3) is 5.53. The Balaban J connectivity index is 1.62. The van der Waals surface area contributed by atoms with Crippen LogP contribution in [0, 0.1) is 5.41 Å². The topological polar surface area (TPSA) is 64.0 Å². The van der Waals surface area contributed by atoms with Gasteiger partial charge in [0, 0.05) is 35.9 Å². The van der Waals surface area contributed by atoms with Gasteiger partial charge < -0.3 is 19.0 Å². The number of hydroxylamine groups is 2. The molecule has 0 radical (unpaired) electrons. The molecule has 1 aliphatic rings. The zero-order valence-corrected chi connectivity index (χ0v) is 18.9. The molecule has 1 aliphatic heterocycles. The fourth-order valence-electron chi connectivity index (χ4n) is 3.33. The van der Waals surface area contributed by atoms with E-state index in [1.54, 1.807) is 5.06 Å². The summed E-state index contributed by atoms with van der Waals surface area (Å²) in [6, 6.07) is 8.27. The van der Waals surface area contributed by atoms with Gasteiger partial charge in [0.2, 0.25) is 0 Å². The summed E-state index contributed by atoms with van der Waals surface area (Å²) in [4.78, 5) is 32.0. The van der Waals surface area contributed by atoms with Crippen LogP contribution in [0.3, 0.4) is 0 Å². The molecule has 1 aromatic carbocycles. The van der Waals surface area contributed by atoms with Crippen molar-refractivity contribution in [3.05, 3.63) is 30.5 Å². The van der Waals surface area contributed by atoms with Crippen LogP contribution in [0.4, 0.5) is 5.69 Å². The number of benzene rings is 1. The van der Waals surface area contributed by atoms with E-state index in [1.807, 2.05) is 64.4 Å². The van der Waals surface area contributed by atoms with Crippen LogP contribution in [0.5, 0.6) is 0 Å². The van der Waals surface area contributed by atoms with Gasteiger partial charge >= 0.3 is 11.9 Å². The van der Waals surface area contributed by atoms with Crippen molar-refractivity contribution < 1.29 is 19.2 Å². The van der Waals surface area contributed by atoms with Crippen molar-refractivity contribution in [2.24, 2.45) is 5.41 Å². The Kier molecular flexibility index (Phi) is 6.13. The molecule has 0 spiro atoms. The van der Waals surface area contributed by atoms with E-state index in [-0.39, 0.29) is 18.5 Å². The van der Waals surface area contributed by atoms with E-state index in [9.17, 15) is 9.59 Å². The lowest BCUT2D eigenvalue weighted by atomic mass is 9.98. The number of anilines is 1. The van der Waals surface area contributed by atoms with E-state index in [2.05, 4.69) is 17.0 Å². The molecule has 0 amide bonds. The fraction of sp³-hybridized carbons (Fsp3) is 0.565. The van der Waals surface area contributed by atoms with Crippen molar-refractivity contribution in [2.75, 3.05) is 31.1 Å². The van der Waals surface area contributed by atoms with Crippen molar-refractivity contribution in [1.82, 2.24) is 9.63 Å². The van der Waals surface area contributed by atoms with Gasteiger partial charge in [0.25, 0.3) is 0 Å². The molecule has 0 saturated carbocycles. The van der Waals surface area contributed by atoms with Gasteiger partial charge in [0.05, 0.1) is 18.5 Å². The molecule has 1 saturated heterocycles. The highest BCUT2D eigenvalue weighted by Crippen LogP contribution is 2.25. The van der Waals surface area contributed by atoms with Crippen LogP contribution in [0.1, 0.15) is 41.5 Å². The van der Waals surface area contributed by atoms with Crippen LogP contribution in [-0.4, -0.2) is 53.3 Å². The smallest absolute Gasteiger partial charge is 0.330 e. The minimum Gasteiger partial charge on any atom is -0.459 e. The summed E-state index contributed by atoms with van der Waals surface area (Å²) in [6.45, 7) is 14.3. The van der Waals surface area contributed by atoms with Crippen LogP contribution in [0.2, 0.25) is 0 Å². The molecule has 164 valence electrons. The molecule has 0 N–H and O–H groups in total. The molecular weight excluding hydrogens is 382 g/mol. The van der Waals surface area contributed by atoms with Gasteiger partial charge in [-0.05, 0) is 65.8 Å². The Morgan fingerprint density at radius 3 is 2.23 bits per heavy atom. The molecule has 1 aromatic heterocycles. The predicted molar refractivity (Wildman–Crippen MR) is 117 cm³/mol. The first-order chi connectivity index (χ1) is 13.9. The summed E-state index contributed by atoms with van der Waals surface area (Å²) in [6.07, 6.45) is 1.92. The molecule has 0 unspecified atom stereocenters. The number of piperazine rings is 1. The summed E-state index contributed by atoms with van der Waals surface area (Å²) >= 11 is 0. The number of hydrogen-bond donors (Lipinski definition) is 0. The Labute approximate surface area is 178 Å². The van der Waals surface area contributed by atoms with Gasteiger partial charge in [-0.1, -0.05) is 0 Å². The molecule has 2 aromatic rings. The zero-order valence-electron chi connectivity index (χ0n) is 18.9. The number of carbonyl (C=O) groups excluding carboxylic acids is 2. The van der Waals surface area contributed by atoms with Crippen LogP contribution in [0.25, 0.3) is 10.9 Å². The second kappa shape index (κ2) is 8.30. The Bertz CT molecular complexity index is 913. The second-order valence-corrected chi connectivity index (χ2v) is 9.82. The van der Waals surface area contributed by atoms with E-state index in [0.29, 0.717) is 13.1 Å². The SMILES string of the molecule is CC(C)(C)OC(=O)Cn1ccc2cc(N3CCN(OC(=O)C(C)(C)C)CC3)ccc21. The van der Waals surface area contributed by atoms with Gasteiger partial charge in [-0.3, -0.25) is 4.79 Å². The lowest BCUT2D eigenvalue weighted by molar-refractivity contribution is -0.201. The maximum atomic E-state index is 12.2. The maximum absolute atomic E-state index is 12.2. The molecule has 30 heavy (non-hydrogen) atoms. The van der Waals surface area contributed by atoms with E-state index in [4.69, 9.17) is 9.57 Å². The second-order valence-electron chi connectivity index (χ2n) is 9.82. The fourth-order valence-corrected chi connectivity index (χ4v) is 3.33. The number of fused-ring (bicyclic) bond motifs is 1. The number of esters is 1. The van der Waals surface area contributed by atoms with Crippen LogP contribution in [-0.2, 0) is 25.7 Å². The summed E-state index contributed by atoms with van der Waals surface area (Å²) in [7, 11) is 0. The van der Waals surface area contributed by atoms with E-state index >= 15 is 0 Å². The van der Waals surface area contributed by atoms with Crippen LogP contribution < -0.4 is 4.90 Å². The molecule has 0 atom stereocenters. The molecule has 3 rings (SSSR count).